The summed E-state index contributed by atoms with van der Waals surface area (Å²) in [4.78, 5) is 12.2. The van der Waals surface area contributed by atoms with Gasteiger partial charge in [0.2, 0.25) is 0 Å². The van der Waals surface area contributed by atoms with Crippen LogP contribution in [0, 0.1) is 0 Å². The van der Waals surface area contributed by atoms with E-state index in [0.29, 0.717) is 12.7 Å². The number of aldehydes is 1. The Hall–Kier alpha value is -0.410. The van der Waals surface area contributed by atoms with Crippen LogP contribution in [0.25, 0.3) is 0 Å². The SMILES string of the molecule is CCCN(C)CCCC(O)C=O. The van der Waals surface area contributed by atoms with Gasteiger partial charge in [-0.1, -0.05) is 6.92 Å². The Balaban J connectivity index is 3.23. The molecule has 0 rings (SSSR count). The molecule has 0 amide bonds. The number of hydrogen-bond donors (Lipinski definition) is 1. The molecule has 0 aromatic heterocycles. The van der Waals surface area contributed by atoms with Crippen LogP contribution in [-0.4, -0.2) is 42.5 Å². The van der Waals surface area contributed by atoms with Crippen molar-refractivity contribution < 1.29 is 9.90 Å². The van der Waals surface area contributed by atoms with E-state index in [1.807, 2.05) is 0 Å². The standard InChI is InChI=1S/C9H19NO2/c1-3-6-10(2)7-4-5-9(12)8-11/h8-9,12H,3-7H2,1-2H3. The minimum Gasteiger partial charge on any atom is -0.386 e. The first-order valence-corrected chi connectivity index (χ1v) is 4.52. The van der Waals surface area contributed by atoms with Gasteiger partial charge in [-0.2, -0.15) is 0 Å². The molecule has 1 atom stereocenters. The Labute approximate surface area is 74.4 Å². The molecule has 0 saturated heterocycles. The lowest BCUT2D eigenvalue weighted by Gasteiger charge is -2.15. The molecule has 3 nitrogen and oxygen atoms in total. The molecule has 12 heavy (non-hydrogen) atoms. The van der Waals surface area contributed by atoms with Crippen molar-refractivity contribution in [2.75, 3.05) is 20.1 Å². The predicted octanol–water partition coefficient (Wildman–Crippen LogP) is 0.668. The Morgan fingerprint density at radius 2 is 2.17 bits per heavy atom. The Morgan fingerprint density at radius 3 is 2.67 bits per heavy atom. The van der Waals surface area contributed by atoms with Gasteiger partial charge in [-0.15, -0.1) is 0 Å². The maximum Gasteiger partial charge on any atom is 0.148 e. The second kappa shape index (κ2) is 7.25. The van der Waals surface area contributed by atoms with Crippen LogP contribution in [0.2, 0.25) is 0 Å². The van der Waals surface area contributed by atoms with Gasteiger partial charge in [-0.05, 0) is 39.4 Å². The Morgan fingerprint density at radius 1 is 1.50 bits per heavy atom. The topological polar surface area (TPSA) is 40.5 Å². The van der Waals surface area contributed by atoms with Crippen LogP contribution in [0.5, 0.6) is 0 Å². The van der Waals surface area contributed by atoms with Crippen molar-refractivity contribution in [3.63, 3.8) is 0 Å². The Kier molecular flexibility index (Phi) is 7.00. The molecule has 1 N–H and O–H groups in total. The van der Waals surface area contributed by atoms with Gasteiger partial charge in [-0.3, -0.25) is 0 Å². The molecule has 0 aromatic carbocycles. The van der Waals surface area contributed by atoms with Crippen LogP contribution in [-0.2, 0) is 4.79 Å². The van der Waals surface area contributed by atoms with E-state index in [0.717, 1.165) is 25.9 Å². The number of hydrogen-bond acceptors (Lipinski definition) is 3. The van der Waals surface area contributed by atoms with E-state index >= 15 is 0 Å². The summed E-state index contributed by atoms with van der Waals surface area (Å²) in [5.74, 6) is 0. The number of aliphatic hydroxyl groups is 1. The van der Waals surface area contributed by atoms with Crippen LogP contribution in [0.4, 0.5) is 0 Å². The van der Waals surface area contributed by atoms with Gasteiger partial charge < -0.3 is 14.8 Å². The van der Waals surface area contributed by atoms with Gasteiger partial charge in [0, 0.05) is 0 Å². The zero-order valence-electron chi connectivity index (χ0n) is 7.99. The van der Waals surface area contributed by atoms with Gasteiger partial charge in [0.25, 0.3) is 0 Å². The highest BCUT2D eigenvalue weighted by molar-refractivity contribution is 5.55. The molecule has 0 radical (unpaired) electrons. The summed E-state index contributed by atoms with van der Waals surface area (Å²) in [6.07, 6.45) is 2.44. The molecule has 0 aliphatic heterocycles. The first-order chi connectivity index (χ1) is 5.70. The maximum atomic E-state index is 10.0. The van der Waals surface area contributed by atoms with E-state index in [1.54, 1.807) is 0 Å². The summed E-state index contributed by atoms with van der Waals surface area (Å²) in [6.45, 7) is 4.17. The number of nitrogens with zero attached hydrogens (tertiary/aromatic N) is 1. The minimum absolute atomic E-state index is 0.581. The molecular formula is C9H19NO2. The summed E-state index contributed by atoms with van der Waals surface area (Å²) >= 11 is 0. The van der Waals surface area contributed by atoms with Crippen molar-refractivity contribution >= 4 is 6.29 Å². The molecular weight excluding hydrogens is 154 g/mol. The smallest absolute Gasteiger partial charge is 0.148 e. The van der Waals surface area contributed by atoms with Gasteiger partial charge in [-0.25, -0.2) is 0 Å². The summed E-state index contributed by atoms with van der Waals surface area (Å²) in [7, 11) is 2.05. The number of carbonyl (C=O) groups excluding carboxylic acids is 1. The Bertz CT molecular complexity index is 117. The van der Waals surface area contributed by atoms with E-state index in [9.17, 15) is 4.79 Å². The lowest BCUT2D eigenvalue weighted by atomic mass is 10.2. The monoisotopic (exact) mass is 173 g/mol. The number of carbonyl (C=O) groups is 1. The largest absolute Gasteiger partial charge is 0.386 e. The van der Waals surface area contributed by atoms with Crippen LogP contribution >= 0.6 is 0 Å². The van der Waals surface area contributed by atoms with Gasteiger partial charge in [0.05, 0.1) is 0 Å². The molecule has 0 aliphatic carbocycles. The van der Waals surface area contributed by atoms with Crippen molar-refractivity contribution in [1.29, 1.82) is 0 Å². The molecule has 0 heterocycles. The fourth-order valence-corrected chi connectivity index (χ4v) is 1.13. The minimum atomic E-state index is -0.764. The van der Waals surface area contributed by atoms with Crippen molar-refractivity contribution in [3.8, 4) is 0 Å². The van der Waals surface area contributed by atoms with Crippen molar-refractivity contribution in [2.45, 2.75) is 32.3 Å². The molecule has 72 valence electrons. The molecule has 0 fully saturated rings. The fourth-order valence-electron chi connectivity index (χ4n) is 1.13. The van der Waals surface area contributed by atoms with Crippen LogP contribution in [0.15, 0.2) is 0 Å². The van der Waals surface area contributed by atoms with E-state index in [2.05, 4.69) is 18.9 Å². The fraction of sp³-hybridized carbons (Fsp3) is 0.889. The molecule has 0 aliphatic rings. The zero-order valence-corrected chi connectivity index (χ0v) is 7.99. The third kappa shape index (κ3) is 6.31. The van der Waals surface area contributed by atoms with Crippen molar-refractivity contribution in [1.82, 2.24) is 4.90 Å². The second-order valence-corrected chi connectivity index (χ2v) is 3.15. The van der Waals surface area contributed by atoms with Gasteiger partial charge in [0.15, 0.2) is 0 Å². The van der Waals surface area contributed by atoms with Crippen molar-refractivity contribution in [2.24, 2.45) is 0 Å². The summed E-state index contributed by atoms with van der Waals surface area (Å²) in [6, 6.07) is 0. The van der Waals surface area contributed by atoms with E-state index in [4.69, 9.17) is 5.11 Å². The number of rotatable bonds is 7. The lowest BCUT2D eigenvalue weighted by Crippen LogP contribution is -2.21. The lowest BCUT2D eigenvalue weighted by molar-refractivity contribution is -0.115. The highest BCUT2D eigenvalue weighted by Crippen LogP contribution is 1.96. The van der Waals surface area contributed by atoms with Gasteiger partial charge in [0.1, 0.15) is 12.4 Å². The first kappa shape index (κ1) is 11.6. The molecule has 0 aromatic rings. The summed E-state index contributed by atoms with van der Waals surface area (Å²) in [5.41, 5.74) is 0. The normalized spacial score (nSPS) is 13.3. The third-order valence-corrected chi connectivity index (χ3v) is 1.80. The highest BCUT2D eigenvalue weighted by Gasteiger charge is 2.02. The molecule has 0 spiro atoms. The average molecular weight is 173 g/mol. The zero-order chi connectivity index (χ0) is 9.40. The summed E-state index contributed by atoms with van der Waals surface area (Å²) < 4.78 is 0. The number of aliphatic hydroxyl groups excluding tert-OH is 1. The predicted molar refractivity (Wildman–Crippen MR) is 49.1 cm³/mol. The van der Waals surface area contributed by atoms with Crippen LogP contribution in [0.3, 0.4) is 0 Å². The van der Waals surface area contributed by atoms with E-state index in [-0.39, 0.29) is 0 Å². The maximum absolute atomic E-state index is 10.0. The quantitative estimate of drug-likeness (QED) is 0.575. The average Bonchev–Trinajstić information content (AvgIpc) is 2.04. The molecule has 0 saturated carbocycles. The van der Waals surface area contributed by atoms with Crippen LogP contribution in [0.1, 0.15) is 26.2 Å². The van der Waals surface area contributed by atoms with Crippen molar-refractivity contribution in [3.05, 3.63) is 0 Å². The summed E-state index contributed by atoms with van der Waals surface area (Å²) in [5, 5.41) is 8.91. The van der Waals surface area contributed by atoms with E-state index < -0.39 is 6.10 Å². The third-order valence-electron chi connectivity index (χ3n) is 1.80. The molecule has 1 unspecified atom stereocenters. The van der Waals surface area contributed by atoms with E-state index in [1.165, 1.54) is 0 Å². The first-order valence-electron chi connectivity index (χ1n) is 4.52. The van der Waals surface area contributed by atoms with Crippen LogP contribution < -0.4 is 0 Å². The highest BCUT2D eigenvalue weighted by atomic mass is 16.3. The second-order valence-electron chi connectivity index (χ2n) is 3.15. The van der Waals surface area contributed by atoms with Gasteiger partial charge >= 0.3 is 0 Å². The molecule has 0 bridgehead atoms. The molecule has 3 heteroatoms.